The lowest BCUT2D eigenvalue weighted by molar-refractivity contribution is 0.482. The summed E-state index contributed by atoms with van der Waals surface area (Å²) in [5.41, 5.74) is 5.42. The number of ether oxygens (including phenoxy) is 1. The van der Waals surface area contributed by atoms with Crippen LogP contribution in [0, 0.1) is 6.92 Å². The van der Waals surface area contributed by atoms with Gasteiger partial charge in [-0.2, -0.15) is 0 Å². The average Bonchev–Trinajstić information content (AvgIpc) is 3.18. The van der Waals surface area contributed by atoms with Gasteiger partial charge in [0.05, 0.1) is 22.9 Å². The van der Waals surface area contributed by atoms with Gasteiger partial charge in [-0.25, -0.2) is 4.98 Å². The minimum atomic E-state index is 0.727. The number of nitrogens with zero attached hydrogens (tertiary/aromatic N) is 4. The molecule has 4 heterocycles. The molecule has 0 fully saturated rings. The number of fused-ring (bicyclic) bond motifs is 1. The second-order valence-corrected chi connectivity index (χ2v) is 6.82. The van der Waals surface area contributed by atoms with Crippen LogP contribution in [0.5, 0.6) is 11.5 Å². The molecule has 0 aliphatic heterocycles. The lowest BCUT2D eigenvalue weighted by Gasteiger charge is -2.07. The Kier molecular flexibility index (Phi) is 4.53. The van der Waals surface area contributed by atoms with E-state index in [2.05, 4.69) is 25.3 Å². The monoisotopic (exact) mass is 394 g/mol. The summed E-state index contributed by atoms with van der Waals surface area (Å²) in [7, 11) is 0. The van der Waals surface area contributed by atoms with Crippen molar-refractivity contribution in [2.45, 2.75) is 6.92 Å². The van der Waals surface area contributed by atoms with Crippen molar-refractivity contribution < 1.29 is 4.74 Å². The summed E-state index contributed by atoms with van der Waals surface area (Å²) in [6.07, 6.45) is 8.74. The van der Waals surface area contributed by atoms with E-state index in [0.717, 1.165) is 51.0 Å². The van der Waals surface area contributed by atoms with Crippen LogP contribution >= 0.6 is 0 Å². The molecule has 7 nitrogen and oxygen atoms in total. The van der Waals surface area contributed by atoms with Crippen LogP contribution in [0.15, 0.2) is 79.5 Å². The number of aromatic nitrogens is 5. The second-order valence-electron chi connectivity index (χ2n) is 6.82. The van der Waals surface area contributed by atoms with Crippen LogP contribution < -0.4 is 10.1 Å². The minimum absolute atomic E-state index is 0.727. The molecule has 0 radical (unpaired) electrons. The third-order valence-corrected chi connectivity index (χ3v) is 4.54. The van der Waals surface area contributed by atoms with Gasteiger partial charge in [0.15, 0.2) is 0 Å². The lowest BCUT2D eigenvalue weighted by Crippen LogP contribution is -1.93. The fourth-order valence-corrected chi connectivity index (χ4v) is 3.16. The minimum Gasteiger partial charge on any atom is -0.457 e. The van der Waals surface area contributed by atoms with Crippen molar-refractivity contribution in [1.29, 1.82) is 0 Å². The molecule has 0 bridgehead atoms. The number of aryl methyl sites for hydroxylation is 1. The van der Waals surface area contributed by atoms with Crippen LogP contribution in [-0.4, -0.2) is 24.9 Å². The first-order valence-corrected chi connectivity index (χ1v) is 9.46. The Labute approximate surface area is 172 Å². The molecule has 0 saturated carbocycles. The highest BCUT2D eigenvalue weighted by Gasteiger charge is 2.09. The van der Waals surface area contributed by atoms with Crippen molar-refractivity contribution in [3.63, 3.8) is 0 Å². The summed E-state index contributed by atoms with van der Waals surface area (Å²) >= 11 is 0. The zero-order valence-corrected chi connectivity index (χ0v) is 16.2. The van der Waals surface area contributed by atoms with E-state index in [9.17, 15) is 0 Å². The summed E-state index contributed by atoms with van der Waals surface area (Å²) in [6.45, 7) is 1.96. The molecule has 0 unspecified atom stereocenters. The highest BCUT2D eigenvalue weighted by Crippen LogP contribution is 2.28. The maximum atomic E-state index is 5.88. The summed E-state index contributed by atoms with van der Waals surface area (Å²) in [5, 5.41) is 3.36. The largest absolute Gasteiger partial charge is 0.457 e. The van der Waals surface area contributed by atoms with E-state index in [1.807, 2.05) is 55.5 Å². The number of H-pyrrole nitrogens is 1. The summed E-state index contributed by atoms with van der Waals surface area (Å²) in [6, 6.07) is 15.3. The molecule has 146 valence electrons. The molecule has 0 amide bonds. The van der Waals surface area contributed by atoms with Crippen LogP contribution in [0.2, 0.25) is 0 Å². The van der Waals surface area contributed by atoms with Gasteiger partial charge in [-0.05, 0) is 49.4 Å². The summed E-state index contributed by atoms with van der Waals surface area (Å²) < 4.78 is 5.88. The van der Waals surface area contributed by atoms with Crippen LogP contribution in [0.25, 0.3) is 22.4 Å². The summed E-state index contributed by atoms with van der Waals surface area (Å²) in [4.78, 5) is 20.6. The number of anilines is 2. The predicted molar refractivity (Wildman–Crippen MR) is 116 cm³/mol. The molecule has 5 rings (SSSR count). The zero-order valence-electron chi connectivity index (χ0n) is 16.2. The first kappa shape index (κ1) is 17.8. The van der Waals surface area contributed by atoms with E-state index in [4.69, 9.17) is 9.72 Å². The van der Waals surface area contributed by atoms with Gasteiger partial charge >= 0.3 is 0 Å². The number of pyridine rings is 3. The average molecular weight is 394 g/mol. The van der Waals surface area contributed by atoms with Gasteiger partial charge in [0.1, 0.15) is 17.3 Å². The topological polar surface area (TPSA) is 88.6 Å². The fourth-order valence-electron chi connectivity index (χ4n) is 3.16. The molecule has 0 saturated heterocycles. The van der Waals surface area contributed by atoms with Crippen molar-refractivity contribution in [2.75, 3.05) is 5.32 Å². The summed E-state index contributed by atoms with van der Waals surface area (Å²) in [5.74, 6) is 2.21. The number of aromatic amines is 1. The van der Waals surface area contributed by atoms with Gasteiger partial charge in [-0.1, -0.05) is 0 Å². The van der Waals surface area contributed by atoms with E-state index < -0.39 is 0 Å². The Morgan fingerprint density at radius 2 is 1.73 bits per heavy atom. The van der Waals surface area contributed by atoms with Crippen molar-refractivity contribution in [2.24, 2.45) is 0 Å². The Balaban J connectivity index is 1.42. The fraction of sp³-hybridized carbons (Fsp3) is 0.0435. The molecular formula is C23H18N6O. The quantitative estimate of drug-likeness (QED) is 0.423. The van der Waals surface area contributed by atoms with Gasteiger partial charge in [0.25, 0.3) is 0 Å². The SMILES string of the molecule is Cc1cc(Nc2cncc(-c3nc4ccc(Oc5ccncc5)cc4[nH]3)c2)ccn1. The zero-order chi connectivity index (χ0) is 20.3. The van der Waals surface area contributed by atoms with E-state index >= 15 is 0 Å². The Morgan fingerprint density at radius 3 is 2.60 bits per heavy atom. The molecular weight excluding hydrogens is 376 g/mol. The molecule has 5 aromatic rings. The van der Waals surface area contributed by atoms with Crippen molar-refractivity contribution in [3.8, 4) is 22.9 Å². The van der Waals surface area contributed by atoms with E-state index in [-0.39, 0.29) is 0 Å². The molecule has 0 atom stereocenters. The second kappa shape index (κ2) is 7.63. The van der Waals surface area contributed by atoms with Gasteiger partial charge in [-0.3, -0.25) is 15.0 Å². The van der Waals surface area contributed by atoms with Crippen LogP contribution in [0.1, 0.15) is 5.69 Å². The van der Waals surface area contributed by atoms with Gasteiger partial charge < -0.3 is 15.0 Å². The number of nitrogens with one attached hydrogen (secondary N) is 2. The smallest absolute Gasteiger partial charge is 0.140 e. The number of rotatable bonds is 5. The standard InChI is InChI=1S/C23H18N6O/c1-15-10-17(4-9-26-15)27-18-11-16(13-25-14-18)23-28-21-3-2-20(12-22(21)29-23)30-19-5-7-24-8-6-19/h2-14H,1H3,(H,26,27)(H,28,29). The third kappa shape index (κ3) is 3.81. The van der Waals surface area contributed by atoms with E-state index in [1.165, 1.54) is 0 Å². The number of benzene rings is 1. The van der Waals surface area contributed by atoms with Gasteiger partial charge in [0.2, 0.25) is 0 Å². The molecule has 2 N–H and O–H groups in total. The van der Waals surface area contributed by atoms with Crippen LogP contribution in [-0.2, 0) is 0 Å². The number of hydrogen-bond donors (Lipinski definition) is 2. The Hall–Kier alpha value is -4.26. The molecule has 0 aliphatic carbocycles. The normalized spacial score (nSPS) is 10.8. The highest BCUT2D eigenvalue weighted by atomic mass is 16.5. The number of imidazole rings is 1. The molecule has 0 spiro atoms. The third-order valence-electron chi connectivity index (χ3n) is 4.54. The maximum Gasteiger partial charge on any atom is 0.140 e. The molecule has 0 aliphatic rings. The lowest BCUT2D eigenvalue weighted by atomic mass is 10.2. The van der Waals surface area contributed by atoms with E-state index in [1.54, 1.807) is 31.0 Å². The molecule has 4 aromatic heterocycles. The molecule has 30 heavy (non-hydrogen) atoms. The molecule has 7 heteroatoms. The Bertz CT molecular complexity index is 1320. The highest BCUT2D eigenvalue weighted by molar-refractivity contribution is 5.81. The first-order chi connectivity index (χ1) is 14.7. The van der Waals surface area contributed by atoms with Gasteiger partial charge in [0, 0.05) is 47.8 Å². The van der Waals surface area contributed by atoms with Crippen LogP contribution in [0.4, 0.5) is 11.4 Å². The maximum absolute atomic E-state index is 5.88. The predicted octanol–water partition coefficient (Wildman–Crippen LogP) is 5.26. The first-order valence-electron chi connectivity index (χ1n) is 9.46. The molecule has 1 aromatic carbocycles. The number of hydrogen-bond acceptors (Lipinski definition) is 6. The Morgan fingerprint density at radius 1 is 0.833 bits per heavy atom. The van der Waals surface area contributed by atoms with Gasteiger partial charge in [-0.15, -0.1) is 0 Å². The van der Waals surface area contributed by atoms with Crippen molar-refractivity contribution >= 4 is 22.4 Å². The van der Waals surface area contributed by atoms with Crippen molar-refractivity contribution in [3.05, 3.63) is 85.2 Å². The van der Waals surface area contributed by atoms with E-state index in [0.29, 0.717) is 0 Å². The van der Waals surface area contributed by atoms with Crippen LogP contribution in [0.3, 0.4) is 0 Å². The van der Waals surface area contributed by atoms with Crippen molar-refractivity contribution in [1.82, 2.24) is 24.9 Å².